The Hall–Kier alpha value is -2.87. The molecule has 2 heterocycles. The fourth-order valence-electron chi connectivity index (χ4n) is 3.60. The first-order valence-corrected chi connectivity index (χ1v) is 9.12. The number of carbonyl (C=O) groups excluding carboxylic acids is 1. The van der Waals surface area contributed by atoms with E-state index in [0.29, 0.717) is 18.3 Å². The lowest BCUT2D eigenvalue weighted by Gasteiger charge is -2.28. The summed E-state index contributed by atoms with van der Waals surface area (Å²) in [6, 6.07) is 10.0. The Morgan fingerprint density at radius 2 is 2.15 bits per heavy atom. The first-order valence-electron chi connectivity index (χ1n) is 9.12. The Morgan fingerprint density at radius 3 is 2.89 bits per heavy atom. The van der Waals surface area contributed by atoms with Crippen molar-refractivity contribution in [1.29, 1.82) is 0 Å². The van der Waals surface area contributed by atoms with E-state index in [2.05, 4.69) is 37.0 Å². The smallest absolute Gasteiger partial charge is 0.234 e. The van der Waals surface area contributed by atoms with Crippen LogP contribution < -0.4 is 5.32 Å². The molecule has 8 nitrogen and oxygen atoms in total. The number of rotatable bonds is 7. The monoisotopic (exact) mass is 365 g/mol. The van der Waals surface area contributed by atoms with Gasteiger partial charge in [0.1, 0.15) is 5.54 Å². The molecule has 8 heteroatoms. The molecule has 1 aromatic carbocycles. The summed E-state index contributed by atoms with van der Waals surface area (Å²) in [5.41, 5.74) is 1.54. The molecule has 0 bridgehead atoms. The average molecular weight is 365 g/mol. The highest BCUT2D eigenvalue weighted by atomic mass is 16.2. The number of hydrogen-bond acceptors (Lipinski definition) is 6. The Morgan fingerprint density at radius 1 is 1.33 bits per heavy atom. The average Bonchev–Trinajstić information content (AvgIpc) is 3.36. The summed E-state index contributed by atoms with van der Waals surface area (Å²) >= 11 is 0. The van der Waals surface area contributed by atoms with E-state index in [4.69, 9.17) is 0 Å². The summed E-state index contributed by atoms with van der Waals surface area (Å²) in [6.07, 6.45) is 3.93. The molecular weight excluding hydrogens is 342 g/mol. The summed E-state index contributed by atoms with van der Waals surface area (Å²) in [5.74, 6) is 0.852. The number of H-pyrrole nitrogens is 1. The number of fused-ring (bicyclic) bond motifs is 1. The van der Waals surface area contributed by atoms with Crippen LogP contribution >= 0.6 is 0 Å². The van der Waals surface area contributed by atoms with Crippen LogP contribution in [0.5, 0.6) is 0 Å². The third-order valence-electron chi connectivity index (χ3n) is 5.20. The zero-order valence-electron chi connectivity index (χ0n) is 15.5. The Bertz CT molecular complexity index is 933. The van der Waals surface area contributed by atoms with Gasteiger partial charge in [-0.1, -0.05) is 23.4 Å². The first kappa shape index (κ1) is 17.5. The molecule has 3 aromatic rings. The highest BCUT2D eigenvalue weighted by Gasteiger charge is 2.46. The highest BCUT2D eigenvalue weighted by Crippen LogP contribution is 2.44. The normalized spacial score (nSPS) is 16.4. The molecule has 2 aromatic heterocycles. The second-order valence-corrected chi connectivity index (χ2v) is 7.42. The molecule has 27 heavy (non-hydrogen) atoms. The van der Waals surface area contributed by atoms with E-state index < -0.39 is 5.54 Å². The third-order valence-corrected chi connectivity index (χ3v) is 5.20. The summed E-state index contributed by atoms with van der Waals surface area (Å²) in [4.78, 5) is 19.1. The van der Waals surface area contributed by atoms with Gasteiger partial charge in [-0.2, -0.15) is 5.21 Å². The van der Waals surface area contributed by atoms with Crippen molar-refractivity contribution in [1.82, 2.24) is 35.8 Å². The van der Waals surface area contributed by atoms with E-state index in [9.17, 15) is 4.79 Å². The summed E-state index contributed by atoms with van der Waals surface area (Å²) < 4.78 is 0. The van der Waals surface area contributed by atoms with Crippen molar-refractivity contribution < 1.29 is 4.79 Å². The summed E-state index contributed by atoms with van der Waals surface area (Å²) in [7, 11) is 1.94. The zero-order chi connectivity index (χ0) is 18.9. The highest BCUT2D eigenvalue weighted by molar-refractivity contribution is 5.82. The molecule has 1 aliphatic carbocycles. The number of carbonyl (C=O) groups is 1. The van der Waals surface area contributed by atoms with Gasteiger partial charge in [-0.15, -0.1) is 10.2 Å². The van der Waals surface area contributed by atoms with Gasteiger partial charge in [-0.05, 0) is 50.4 Å². The second kappa shape index (κ2) is 7.03. The molecule has 1 saturated carbocycles. The van der Waals surface area contributed by atoms with Gasteiger partial charge in [0.2, 0.25) is 5.91 Å². The number of hydrogen-bond donors (Lipinski definition) is 2. The van der Waals surface area contributed by atoms with Crippen molar-refractivity contribution in [2.24, 2.45) is 5.92 Å². The van der Waals surface area contributed by atoms with E-state index in [1.54, 1.807) is 0 Å². The number of aromatic nitrogens is 5. The van der Waals surface area contributed by atoms with Crippen LogP contribution in [0.1, 0.15) is 31.2 Å². The molecule has 1 amide bonds. The minimum Gasteiger partial charge on any atom is -0.342 e. The summed E-state index contributed by atoms with van der Waals surface area (Å²) in [5, 5.41) is 18.6. The van der Waals surface area contributed by atoms with Crippen LogP contribution in [0, 0.1) is 5.92 Å². The maximum Gasteiger partial charge on any atom is 0.234 e. The predicted molar refractivity (Wildman–Crippen MR) is 100 cm³/mol. The lowest BCUT2D eigenvalue weighted by molar-refractivity contribution is -0.124. The molecule has 1 unspecified atom stereocenters. The number of nitrogens with one attached hydrogen (secondary N) is 2. The summed E-state index contributed by atoms with van der Waals surface area (Å²) in [6.45, 7) is 2.93. The number of benzene rings is 1. The topological polar surface area (TPSA) is 99.7 Å². The van der Waals surface area contributed by atoms with Crippen molar-refractivity contribution in [3.05, 3.63) is 47.9 Å². The quantitative estimate of drug-likeness (QED) is 0.660. The number of nitrogens with zero attached hydrogens (tertiary/aromatic N) is 5. The van der Waals surface area contributed by atoms with Crippen molar-refractivity contribution >= 4 is 16.8 Å². The van der Waals surface area contributed by atoms with Crippen LogP contribution in [0.2, 0.25) is 0 Å². The minimum absolute atomic E-state index is 0.0462. The number of amides is 1. The Labute approximate surface area is 157 Å². The molecule has 0 spiro atoms. The number of para-hydroxylation sites is 1. The van der Waals surface area contributed by atoms with Crippen molar-refractivity contribution in [2.75, 3.05) is 13.6 Å². The first-order chi connectivity index (χ1) is 13.1. The molecule has 4 rings (SSSR count). The molecule has 1 aliphatic rings. The van der Waals surface area contributed by atoms with Gasteiger partial charge in [0, 0.05) is 18.1 Å². The van der Waals surface area contributed by atoms with E-state index in [0.717, 1.165) is 29.3 Å². The second-order valence-electron chi connectivity index (χ2n) is 7.42. The molecule has 1 fully saturated rings. The van der Waals surface area contributed by atoms with Crippen LogP contribution in [0.15, 0.2) is 36.5 Å². The van der Waals surface area contributed by atoms with Crippen molar-refractivity contribution in [2.45, 2.75) is 31.8 Å². The fourth-order valence-corrected chi connectivity index (χ4v) is 3.60. The maximum atomic E-state index is 12.7. The number of aromatic amines is 1. The van der Waals surface area contributed by atoms with Gasteiger partial charge in [0.25, 0.3) is 0 Å². The molecule has 0 aliphatic heterocycles. The third kappa shape index (κ3) is 3.66. The molecular formula is C19H23N7O. The SMILES string of the molecule is CN(CC(=O)NC(C)(c1nn[nH]n1)C1CC1)Cc1ccnc2ccccc12. The number of pyridine rings is 1. The fraction of sp³-hybridized carbons (Fsp3) is 0.421. The van der Waals surface area contributed by atoms with E-state index in [1.807, 2.05) is 49.3 Å². The van der Waals surface area contributed by atoms with E-state index in [-0.39, 0.29) is 12.5 Å². The molecule has 0 saturated heterocycles. The van der Waals surface area contributed by atoms with Gasteiger partial charge >= 0.3 is 0 Å². The Balaban J connectivity index is 1.43. The lowest BCUT2D eigenvalue weighted by Crippen LogP contribution is -2.49. The van der Waals surface area contributed by atoms with Crippen molar-refractivity contribution in [3.63, 3.8) is 0 Å². The van der Waals surface area contributed by atoms with Gasteiger partial charge in [-0.25, -0.2) is 0 Å². The molecule has 0 radical (unpaired) electrons. The van der Waals surface area contributed by atoms with Gasteiger partial charge in [0.05, 0.1) is 12.1 Å². The lowest BCUT2D eigenvalue weighted by atomic mass is 9.94. The standard InChI is InChI=1S/C19H23N7O/c1-19(14-7-8-14,18-22-24-25-23-18)21-17(27)12-26(2)11-13-9-10-20-16-6-4-3-5-15(13)16/h3-6,9-10,14H,7-8,11-12H2,1-2H3,(H,21,27)(H,22,23,24,25). The minimum atomic E-state index is -0.575. The van der Waals surface area contributed by atoms with E-state index >= 15 is 0 Å². The van der Waals surface area contributed by atoms with Gasteiger partial charge in [0.15, 0.2) is 5.82 Å². The molecule has 2 N–H and O–H groups in total. The van der Waals surface area contributed by atoms with Crippen LogP contribution in [0.25, 0.3) is 10.9 Å². The maximum absolute atomic E-state index is 12.7. The molecule has 1 atom stereocenters. The van der Waals surface area contributed by atoms with Crippen LogP contribution in [-0.2, 0) is 16.9 Å². The van der Waals surface area contributed by atoms with Gasteiger partial charge < -0.3 is 5.32 Å². The van der Waals surface area contributed by atoms with E-state index in [1.165, 1.54) is 0 Å². The van der Waals surface area contributed by atoms with Crippen LogP contribution in [-0.4, -0.2) is 50.0 Å². The largest absolute Gasteiger partial charge is 0.342 e. The number of tetrazole rings is 1. The van der Waals surface area contributed by atoms with Gasteiger partial charge in [-0.3, -0.25) is 14.7 Å². The Kier molecular flexibility index (Phi) is 4.57. The predicted octanol–water partition coefficient (Wildman–Crippen LogP) is 1.62. The molecule has 140 valence electrons. The van der Waals surface area contributed by atoms with Crippen LogP contribution in [0.3, 0.4) is 0 Å². The van der Waals surface area contributed by atoms with Crippen LogP contribution in [0.4, 0.5) is 0 Å². The van der Waals surface area contributed by atoms with Crippen molar-refractivity contribution in [3.8, 4) is 0 Å². The zero-order valence-corrected chi connectivity index (χ0v) is 15.5. The number of likely N-dealkylation sites (N-methyl/N-ethyl adjacent to an activating group) is 1.